The van der Waals surface area contributed by atoms with Crippen LogP contribution in [0.2, 0.25) is 0 Å². The molecule has 1 unspecified atom stereocenters. The number of piperidine rings is 1. The highest BCUT2D eigenvalue weighted by atomic mass is 127. The van der Waals surface area contributed by atoms with Gasteiger partial charge < -0.3 is 19.9 Å². The van der Waals surface area contributed by atoms with Crippen LogP contribution >= 0.6 is 24.0 Å². The fourth-order valence-corrected chi connectivity index (χ4v) is 3.88. The van der Waals surface area contributed by atoms with Crippen molar-refractivity contribution in [2.45, 2.75) is 51.6 Å². The number of hydrogen-bond acceptors (Lipinski definition) is 5. The Kier molecular flexibility index (Phi) is 10.6. The maximum Gasteiger partial charge on any atom is 0.191 e. The molecule has 0 amide bonds. The summed E-state index contributed by atoms with van der Waals surface area (Å²) >= 11 is 0. The van der Waals surface area contributed by atoms with Crippen molar-refractivity contribution in [2.24, 2.45) is 4.99 Å². The molecule has 1 aromatic heterocycles. The van der Waals surface area contributed by atoms with Gasteiger partial charge in [-0.05, 0) is 37.9 Å². The maximum atomic E-state index is 5.66. The Hall–Kier alpha value is -1.81. The van der Waals surface area contributed by atoms with Crippen molar-refractivity contribution in [1.29, 1.82) is 0 Å². The molecule has 172 valence electrons. The highest BCUT2D eigenvalue weighted by molar-refractivity contribution is 14.0. The number of hydrogen-bond donors (Lipinski definition) is 2. The number of guanidine groups is 1. The van der Waals surface area contributed by atoms with Crippen LogP contribution in [0.4, 0.5) is 0 Å². The number of aliphatic imine (C=N–C) groups is 1. The third kappa shape index (κ3) is 7.10. The van der Waals surface area contributed by atoms with Gasteiger partial charge in [0.05, 0.1) is 25.4 Å². The Morgan fingerprint density at radius 3 is 2.58 bits per heavy atom. The average Bonchev–Trinajstić information content (AvgIpc) is 3.26. The predicted molar refractivity (Wildman–Crippen MR) is 135 cm³/mol. The minimum atomic E-state index is 0. The Bertz CT molecular complexity index is 818. The van der Waals surface area contributed by atoms with Crippen LogP contribution in [-0.2, 0) is 6.54 Å². The second-order valence-electron chi connectivity index (χ2n) is 8.03. The minimum Gasteiger partial charge on any atom is -0.496 e. The zero-order chi connectivity index (χ0) is 21.3. The van der Waals surface area contributed by atoms with Crippen LogP contribution in [0.1, 0.15) is 62.1 Å². The average molecular weight is 541 g/mol. The second-order valence-corrected chi connectivity index (χ2v) is 8.03. The largest absolute Gasteiger partial charge is 0.496 e. The summed E-state index contributed by atoms with van der Waals surface area (Å²) in [6.07, 6.45) is 3.78. The normalized spacial score (nSPS) is 16.0. The molecule has 0 aliphatic carbocycles. The van der Waals surface area contributed by atoms with E-state index in [0.717, 1.165) is 42.8 Å². The van der Waals surface area contributed by atoms with Crippen molar-refractivity contribution in [3.63, 3.8) is 0 Å². The highest BCUT2D eigenvalue weighted by Crippen LogP contribution is 2.30. The number of methoxy groups -OCH3 is 1. The Morgan fingerprint density at radius 1 is 1.19 bits per heavy atom. The maximum absolute atomic E-state index is 5.66. The van der Waals surface area contributed by atoms with Crippen molar-refractivity contribution < 1.29 is 9.26 Å². The third-order valence-electron chi connectivity index (χ3n) is 5.61. The number of halogens is 1. The van der Waals surface area contributed by atoms with Crippen LogP contribution < -0.4 is 15.4 Å². The van der Waals surface area contributed by atoms with Gasteiger partial charge in [0.15, 0.2) is 11.7 Å². The van der Waals surface area contributed by atoms with Crippen LogP contribution in [0.25, 0.3) is 0 Å². The second kappa shape index (κ2) is 12.9. The monoisotopic (exact) mass is 541 g/mol. The molecule has 1 aliphatic heterocycles. The lowest BCUT2D eigenvalue weighted by atomic mass is 10.0. The molecular formula is C23H36IN5O2. The number of aromatic nitrogens is 1. The summed E-state index contributed by atoms with van der Waals surface area (Å²) in [6.45, 7) is 7.71. The number of ether oxygens (including phenoxy) is 1. The topological polar surface area (TPSA) is 74.9 Å². The molecule has 7 nitrogen and oxygen atoms in total. The zero-order valence-electron chi connectivity index (χ0n) is 19.1. The van der Waals surface area contributed by atoms with Crippen molar-refractivity contribution in [1.82, 2.24) is 20.7 Å². The number of benzene rings is 1. The molecule has 2 N–H and O–H groups in total. The minimum absolute atomic E-state index is 0. The van der Waals surface area contributed by atoms with Gasteiger partial charge in [-0.3, -0.25) is 9.89 Å². The standard InChI is InChI=1S/C23H35N5O2.HI/c1-17(2)20-14-18(30-27-20)15-25-23(24-3)26-16-21(28-12-8-5-9-13-28)19-10-6-7-11-22(19)29-4;/h6-7,10-11,14,17,21H,5,8-9,12-13,15-16H2,1-4H3,(H2,24,25,26);1H. The van der Waals surface area contributed by atoms with Gasteiger partial charge in [0.1, 0.15) is 5.75 Å². The van der Waals surface area contributed by atoms with Gasteiger partial charge in [0.25, 0.3) is 0 Å². The van der Waals surface area contributed by atoms with Gasteiger partial charge >= 0.3 is 0 Å². The fraction of sp³-hybridized carbons (Fsp3) is 0.565. The van der Waals surface area contributed by atoms with E-state index in [9.17, 15) is 0 Å². The molecular weight excluding hydrogens is 505 g/mol. The first-order chi connectivity index (χ1) is 14.6. The van der Waals surface area contributed by atoms with E-state index in [1.54, 1.807) is 14.2 Å². The number of likely N-dealkylation sites (tertiary alicyclic amines) is 1. The molecule has 0 bridgehead atoms. The molecule has 0 saturated carbocycles. The van der Waals surface area contributed by atoms with E-state index < -0.39 is 0 Å². The summed E-state index contributed by atoms with van der Waals surface area (Å²) in [6, 6.07) is 10.5. The van der Waals surface area contributed by atoms with Gasteiger partial charge in [0.2, 0.25) is 0 Å². The van der Waals surface area contributed by atoms with Gasteiger partial charge in [-0.25, -0.2) is 0 Å². The predicted octanol–water partition coefficient (Wildman–Crippen LogP) is 4.32. The third-order valence-corrected chi connectivity index (χ3v) is 5.61. The summed E-state index contributed by atoms with van der Waals surface area (Å²) in [5.74, 6) is 2.83. The molecule has 2 aromatic rings. The van der Waals surface area contributed by atoms with Crippen molar-refractivity contribution in [2.75, 3.05) is 33.8 Å². The summed E-state index contributed by atoms with van der Waals surface area (Å²) in [5, 5.41) is 10.9. The van der Waals surface area contributed by atoms with Crippen LogP contribution in [0.15, 0.2) is 39.8 Å². The van der Waals surface area contributed by atoms with E-state index in [2.05, 4.69) is 51.7 Å². The molecule has 1 atom stereocenters. The van der Waals surface area contributed by atoms with Gasteiger partial charge in [-0.15, -0.1) is 24.0 Å². The lowest BCUT2D eigenvalue weighted by molar-refractivity contribution is 0.161. The summed E-state index contributed by atoms with van der Waals surface area (Å²) in [4.78, 5) is 6.93. The van der Waals surface area contributed by atoms with E-state index in [0.29, 0.717) is 12.5 Å². The van der Waals surface area contributed by atoms with Crippen molar-refractivity contribution >= 4 is 29.9 Å². The van der Waals surface area contributed by atoms with Gasteiger partial charge in [-0.1, -0.05) is 43.6 Å². The van der Waals surface area contributed by atoms with Crippen LogP contribution in [0, 0.1) is 0 Å². The quantitative estimate of drug-likeness (QED) is 0.295. The van der Waals surface area contributed by atoms with E-state index in [-0.39, 0.29) is 30.0 Å². The molecule has 1 saturated heterocycles. The van der Waals surface area contributed by atoms with E-state index >= 15 is 0 Å². The lowest BCUT2D eigenvalue weighted by Gasteiger charge is -2.35. The molecule has 1 aromatic carbocycles. The lowest BCUT2D eigenvalue weighted by Crippen LogP contribution is -2.44. The van der Waals surface area contributed by atoms with Crippen LogP contribution in [-0.4, -0.2) is 49.8 Å². The molecule has 2 heterocycles. The van der Waals surface area contributed by atoms with Gasteiger partial charge in [0, 0.05) is 25.2 Å². The molecule has 1 aliphatic rings. The number of para-hydroxylation sites is 1. The molecule has 0 spiro atoms. The first kappa shape index (κ1) is 25.5. The van der Waals surface area contributed by atoms with Crippen LogP contribution in [0.3, 0.4) is 0 Å². The number of nitrogens with one attached hydrogen (secondary N) is 2. The smallest absolute Gasteiger partial charge is 0.191 e. The SMILES string of the molecule is CN=C(NCc1cc(C(C)C)no1)NCC(c1ccccc1OC)N1CCCCC1.I. The Labute approximate surface area is 203 Å². The molecule has 31 heavy (non-hydrogen) atoms. The number of rotatable bonds is 8. The van der Waals surface area contributed by atoms with Crippen molar-refractivity contribution in [3.8, 4) is 5.75 Å². The molecule has 3 rings (SSSR count). The summed E-state index contributed by atoms with van der Waals surface area (Å²) in [5.41, 5.74) is 2.18. The first-order valence-corrected chi connectivity index (χ1v) is 10.9. The zero-order valence-corrected chi connectivity index (χ0v) is 21.4. The van der Waals surface area contributed by atoms with Crippen LogP contribution in [0.5, 0.6) is 5.75 Å². The van der Waals surface area contributed by atoms with E-state index in [1.165, 1.54) is 24.8 Å². The highest BCUT2D eigenvalue weighted by Gasteiger charge is 2.25. The summed E-state index contributed by atoms with van der Waals surface area (Å²) < 4.78 is 11.1. The first-order valence-electron chi connectivity index (χ1n) is 10.9. The number of nitrogens with zero attached hydrogens (tertiary/aromatic N) is 3. The van der Waals surface area contributed by atoms with Gasteiger partial charge in [-0.2, -0.15) is 0 Å². The molecule has 1 fully saturated rings. The van der Waals surface area contributed by atoms with E-state index in [1.807, 2.05) is 18.2 Å². The fourth-order valence-electron chi connectivity index (χ4n) is 3.88. The van der Waals surface area contributed by atoms with E-state index in [4.69, 9.17) is 9.26 Å². The Morgan fingerprint density at radius 2 is 1.94 bits per heavy atom. The van der Waals surface area contributed by atoms with Crippen molar-refractivity contribution in [3.05, 3.63) is 47.3 Å². The molecule has 0 radical (unpaired) electrons. The molecule has 8 heteroatoms. The Balaban J connectivity index is 0.00000341. The summed E-state index contributed by atoms with van der Waals surface area (Å²) in [7, 11) is 3.52.